The smallest absolute Gasteiger partial charge is 0.221 e. The van der Waals surface area contributed by atoms with Gasteiger partial charge in [-0.25, -0.2) is 0 Å². The van der Waals surface area contributed by atoms with Crippen LogP contribution >= 0.6 is 0 Å². The summed E-state index contributed by atoms with van der Waals surface area (Å²) in [5, 5.41) is 4.97. The first-order chi connectivity index (χ1) is 11.7. The van der Waals surface area contributed by atoms with Crippen molar-refractivity contribution in [1.82, 2.24) is 0 Å². The van der Waals surface area contributed by atoms with Crippen LogP contribution in [0.5, 0.6) is 5.75 Å². The fourth-order valence-electron chi connectivity index (χ4n) is 2.56. The Morgan fingerprint density at radius 2 is 1.79 bits per heavy atom. The number of carbonyl (C=O) groups excluding carboxylic acids is 1. The zero-order valence-electron chi connectivity index (χ0n) is 13.6. The highest BCUT2D eigenvalue weighted by Crippen LogP contribution is 2.27. The Kier molecular flexibility index (Phi) is 4.57. The van der Waals surface area contributed by atoms with Crippen LogP contribution in [0.25, 0.3) is 10.8 Å². The summed E-state index contributed by atoms with van der Waals surface area (Å²) in [5.41, 5.74) is 2.50. The second-order valence-corrected chi connectivity index (χ2v) is 5.39. The van der Waals surface area contributed by atoms with Crippen LogP contribution in [0.2, 0.25) is 0 Å². The summed E-state index contributed by atoms with van der Waals surface area (Å²) < 4.78 is 5.47. The summed E-state index contributed by atoms with van der Waals surface area (Å²) in [6.07, 6.45) is 1.81. The first-order valence-corrected chi connectivity index (χ1v) is 7.65. The van der Waals surface area contributed by atoms with Crippen molar-refractivity contribution < 1.29 is 9.53 Å². The number of methoxy groups -OCH3 is 1. The average molecular weight is 318 g/mol. The van der Waals surface area contributed by atoms with Crippen LogP contribution in [0, 0.1) is 0 Å². The minimum absolute atomic E-state index is 0.0910. The van der Waals surface area contributed by atoms with Crippen molar-refractivity contribution in [2.45, 2.75) is 6.92 Å². The normalized spacial score (nSPS) is 10.9. The van der Waals surface area contributed by atoms with Crippen molar-refractivity contribution in [3.63, 3.8) is 0 Å². The van der Waals surface area contributed by atoms with E-state index in [9.17, 15) is 4.79 Å². The fourth-order valence-corrected chi connectivity index (χ4v) is 2.56. The van der Waals surface area contributed by atoms with Gasteiger partial charge >= 0.3 is 0 Å². The maximum atomic E-state index is 11.0. The van der Waals surface area contributed by atoms with Gasteiger partial charge in [-0.1, -0.05) is 30.3 Å². The summed E-state index contributed by atoms with van der Waals surface area (Å²) in [4.78, 5) is 15.6. The summed E-state index contributed by atoms with van der Waals surface area (Å²) in [5.74, 6) is 0.694. The highest BCUT2D eigenvalue weighted by molar-refractivity contribution is 6.03. The van der Waals surface area contributed by atoms with Gasteiger partial charge in [0.2, 0.25) is 5.91 Å². The lowest BCUT2D eigenvalue weighted by Crippen LogP contribution is -2.04. The number of anilines is 1. The van der Waals surface area contributed by atoms with E-state index in [0.717, 1.165) is 33.5 Å². The molecule has 120 valence electrons. The number of hydrogen-bond donors (Lipinski definition) is 1. The number of benzene rings is 3. The van der Waals surface area contributed by atoms with Crippen molar-refractivity contribution in [2.24, 2.45) is 4.99 Å². The molecule has 0 bridgehead atoms. The topological polar surface area (TPSA) is 50.7 Å². The number of fused-ring (bicyclic) bond motifs is 1. The third-order valence-electron chi connectivity index (χ3n) is 3.68. The van der Waals surface area contributed by atoms with E-state index in [4.69, 9.17) is 4.74 Å². The molecule has 0 aliphatic heterocycles. The van der Waals surface area contributed by atoms with E-state index >= 15 is 0 Å². The molecule has 1 amide bonds. The zero-order valence-corrected chi connectivity index (χ0v) is 13.6. The first kappa shape index (κ1) is 15.7. The van der Waals surface area contributed by atoms with Gasteiger partial charge in [-0.05, 0) is 41.1 Å². The molecule has 0 heterocycles. The van der Waals surface area contributed by atoms with E-state index in [-0.39, 0.29) is 5.91 Å². The van der Waals surface area contributed by atoms with E-state index < -0.39 is 0 Å². The number of hydrogen-bond acceptors (Lipinski definition) is 3. The SMILES string of the molecule is COc1ccc2ccccc2c1C=Nc1ccc(NC(C)=O)cc1. The molecule has 4 heteroatoms. The van der Waals surface area contributed by atoms with E-state index in [2.05, 4.69) is 22.4 Å². The van der Waals surface area contributed by atoms with Crippen LogP contribution in [0.15, 0.2) is 65.7 Å². The first-order valence-electron chi connectivity index (χ1n) is 7.65. The Morgan fingerprint density at radius 1 is 1.04 bits per heavy atom. The molecule has 0 spiro atoms. The molecule has 4 nitrogen and oxygen atoms in total. The Labute approximate surface area is 140 Å². The quantitative estimate of drug-likeness (QED) is 0.717. The molecule has 0 aliphatic carbocycles. The molecule has 0 aromatic heterocycles. The summed E-state index contributed by atoms with van der Waals surface area (Å²) in [6, 6.07) is 19.5. The molecule has 0 aliphatic rings. The van der Waals surface area contributed by atoms with Crippen LogP contribution in [-0.2, 0) is 4.79 Å². The van der Waals surface area contributed by atoms with Gasteiger partial charge in [0, 0.05) is 24.4 Å². The van der Waals surface area contributed by atoms with Crippen LogP contribution in [0.1, 0.15) is 12.5 Å². The summed E-state index contributed by atoms with van der Waals surface area (Å²) >= 11 is 0. The number of amides is 1. The number of rotatable bonds is 4. The molecule has 0 unspecified atom stereocenters. The van der Waals surface area contributed by atoms with Gasteiger partial charge in [0.1, 0.15) is 5.75 Å². The van der Waals surface area contributed by atoms with Crippen LogP contribution in [0.3, 0.4) is 0 Å². The maximum absolute atomic E-state index is 11.0. The molecule has 3 rings (SSSR count). The molecule has 0 saturated carbocycles. The average Bonchev–Trinajstić information content (AvgIpc) is 2.60. The molecular weight excluding hydrogens is 300 g/mol. The Hall–Kier alpha value is -3.14. The highest BCUT2D eigenvalue weighted by atomic mass is 16.5. The lowest BCUT2D eigenvalue weighted by atomic mass is 10.0. The summed E-state index contributed by atoms with van der Waals surface area (Å²) in [6.45, 7) is 1.48. The number of ether oxygens (including phenoxy) is 1. The van der Waals surface area contributed by atoms with Gasteiger partial charge in [-0.15, -0.1) is 0 Å². The second-order valence-electron chi connectivity index (χ2n) is 5.39. The minimum atomic E-state index is -0.0910. The number of aliphatic imine (C=N–C) groups is 1. The van der Waals surface area contributed by atoms with Gasteiger partial charge < -0.3 is 10.1 Å². The molecule has 3 aromatic rings. The van der Waals surface area contributed by atoms with Crippen LogP contribution in [-0.4, -0.2) is 19.2 Å². The van der Waals surface area contributed by atoms with Gasteiger partial charge in [0.15, 0.2) is 0 Å². The second kappa shape index (κ2) is 6.96. The van der Waals surface area contributed by atoms with E-state index in [1.807, 2.05) is 54.7 Å². The van der Waals surface area contributed by atoms with Gasteiger partial charge in [0.25, 0.3) is 0 Å². The highest BCUT2D eigenvalue weighted by Gasteiger charge is 2.05. The molecule has 0 fully saturated rings. The zero-order chi connectivity index (χ0) is 16.9. The van der Waals surface area contributed by atoms with Gasteiger partial charge in [0.05, 0.1) is 12.8 Å². The molecular formula is C20H18N2O2. The standard InChI is InChI=1S/C20H18N2O2/c1-14(23)22-17-10-8-16(9-11-17)21-13-19-18-6-4-3-5-15(18)7-12-20(19)24-2/h3-13H,1-2H3,(H,22,23). The van der Waals surface area contributed by atoms with E-state index in [1.54, 1.807) is 7.11 Å². The van der Waals surface area contributed by atoms with E-state index in [1.165, 1.54) is 6.92 Å². The number of nitrogens with one attached hydrogen (secondary N) is 1. The molecule has 0 saturated heterocycles. The molecule has 0 radical (unpaired) electrons. The van der Waals surface area contributed by atoms with Crippen molar-refractivity contribution in [3.05, 3.63) is 66.2 Å². The number of nitrogens with zero attached hydrogens (tertiary/aromatic N) is 1. The fraction of sp³-hybridized carbons (Fsp3) is 0.100. The predicted molar refractivity (Wildman–Crippen MR) is 98.5 cm³/mol. The van der Waals surface area contributed by atoms with Crippen LogP contribution < -0.4 is 10.1 Å². The number of carbonyl (C=O) groups is 1. The molecule has 24 heavy (non-hydrogen) atoms. The van der Waals surface area contributed by atoms with Crippen molar-refractivity contribution >= 4 is 34.3 Å². The largest absolute Gasteiger partial charge is 0.496 e. The lowest BCUT2D eigenvalue weighted by molar-refractivity contribution is -0.114. The lowest BCUT2D eigenvalue weighted by Gasteiger charge is -2.08. The third kappa shape index (κ3) is 3.43. The van der Waals surface area contributed by atoms with Gasteiger partial charge in [-0.2, -0.15) is 0 Å². The van der Waals surface area contributed by atoms with Crippen molar-refractivity contribution in [1.29, 1.82) is 0 Å². The Bertz CT molecular complexity index is 899. The van der Waals surface area contributed by atoms with Crippen molar-refractivity contribution in [2.75, 3.05) is 12.4 Å². The Morgan fingerprint density at radius 3 is 2.50 bits per heavy atom. The third-order valence-corrected chi connectivity index (χ3v) is 3.68. The predicted octanol–water partition coefficient (Wildman–Crippen LogP) is 4.56. The minimum Gasteiger partial charge on any atom is -0.496 e. The van der Waals surface area contributed by atoms with Gasteiger partial charge in [-0.3, -0.25) is 9.79 Å². The van der Waals surface area contributed by atoms with Crippen LogP contribution in [0.4, 0.5) is 11.4 Å². The molecule has 3 aromatic carbocycles. The molecule has 1 N–H and O–H groups in total. The monoisotopic (exact) mass is 318 g/mol. The summed E-state index contributed by atoms with van der Waals surface area (Å²) in [7, 11) is 1.66. The Balaban J connectivity index is 1.94. The molecule has 0 atom stereocenters. The van der Waals surface area contributed by atoms with Crippen molar-refractivity contribution in [3.8, 4) is 5.75 Å². The van der Waals surface area contributed by atoms with E-state index in [0.29, 0.717) is 0 Å². The maximum Gasteiger partial charge on any atom is 0.221 e.